The Labute approximate surface area is 188 Å². The summed E-state index contributed by atoms with van der Waals surface area (Å²) in [6.07, 6.45) is -0.158. The lowest BCUT2D eigenvalue weighted by atomic mass is 10.1. The zero-order chi connectivity index (χ0) is 21.8. The molecule has 0 aliphatic heterocycles. The van der Waals surface area contributed by atoms with Gasteiger partial charge in [-0.25, -0.2) is 4.39 Å². The minimum atomic E-state index is -0.637. The number of rotatable bonds is 5. The number of carbonyl (C=O) groups excluding carboxylic acids is 1. The summed E-state index contributed by atoms with van der Waals surface area (Å²) >= 11 is 7.56. The van der Waals surface area contributed by atoms with Crippen molar-refractivity contribution in [3.63, 3.8) is 0 Å². The lowest BCUT2D eigenvalue weighted by Gasteiger charge is -2.13. The number of thiol groups is 1. The van der Waals surface area contributed by atoms with E-state index in [9.17, 15) is 4.79 Å². The Morgan fingerprint density at radius 2 is 1.97 bits per heavy atom. The van der Waals surface area contributed by atoms with Crippen LogP contribution in [0.2, 0.25) is 0 Å². The van der Waals surface area contributed by atoms with E-state index in [2.05, 4.69) is 33.9 Å². The number of hydrogen-bond donors (Lipinski definition) is 2. The number of ether oxygens (including phenoxy) is 1. The molecule has 7 heteroatoms. The summed E-state index contributed by atoms with van der Waals surface area (Å²) in [6.45, 7) is 3.68. The number of benzene rings is 3. The van der Waals surface area contributed by atoms with Crippen LogP contribution in [-0.2, 0) is 11.2 Å². The van der Waals surface area contributed by atoms with Crippen LogP contribution in [0, 0.1) is 31.0 Å². The van der Waals surface area contributed by atoms with Crippen molar-refractivity contribution >= 4 is 40.2 Å². The van der Waals surface area contributed by atoms with Gasteiger partial charge in [-0.15, -0.1) is 12.6 Å². The summed E-state index contributed by atoms with van der Waals surface area (Å²) in [7, 11) is 0. The second-order valence-electron chi connectivity index (χ2n) is 6.82. The maximum atomic E-state index is 15.1. The minimum Gasteiger partial charge on any atom is -0.453 e. The fourth-order valence-corrected chi connectivity index (χ4v) is 3.60. The summed E-state index contributed by atoms with van der Waals surface area (Å²) in [6, 6.07) is 15.5. The van der Waals surface area contributed by atoms with Crippen molar-refractivity contribution in [1.29, 1.82) is 5.26 Å². The van der Waals surface area contributed by atoms with Gasteiger partial charge in [0, 0.05) is 16.1 Å². The first-order valence-corrected chi connectivity index (χ1v) is 10.3. The monoisotopic (exact) mass is 484 g/mol. The molecular formula is C23H18BrFN2O2S. The van der Waals surface area contributed by atoms with E-state index in [1.54, 1.807) is 30.3 Å². The van der Waals surface area contributed by atoms with E-state index in [4.69, 9.17) is 10.00 Å². The van der Waals surface area contributed by atoms with E-state index < -0.39 is 5.82 Å². The Kier molecular flexibility index (Phi) is 6.80. The van der Waals surface area contributed by atoms with E-state index in [0.29, 0.717) is 21.5 Å². The van der Waals surface area contributed by atoms with Crippen LogP contribution in [0.3, 0.4) is 0 Å². The van der Waals surface area contributed by atoms with Crippen LogP contribution in [0.5, 0.6) is 11.5 Å². The summed E-state index contributed by atoms with van der Waals surface area (Å²) in [5, 5.41) is 11.9. The Morgan fingerprint density at radius 3 is 2.67 bits per heavy atom. The highest BCUT2D eigenvalue weighted by Gasteiger charge is 2.18. The van der Waals surface area contributed by atoms with Gasteiger partial charge >= 0.3 is 0 Å². The molecular weight excluding hydrogens is 467 g/mol. The standard InChI is InChI=1S/C23H18BrFN2O2S/c1-13-7-15(12-26)10-17(8-13)29-23-19(24)5-3-16(22(23)25)11-21(28)27-20-6-4-18(30)9-14(20)2/h3-10,30H,11H2,1-2H3,(H,27,28). The van der Waals surface area contributed by atoms with Crippen molar-refractivity contribution in [2.75, 3.05) is 5.32 Å². The molecule has 4 nitrogen and oxygen atoms in total. The van der Waals surface area contributed by atoms with Crippen molar-refractivity contribution in [3.05, 3.63) is 81.1 Å². The van der Waals surface area contributed by atoms with E-state index in [1.807, 2.05) is 26.0 Å². The second-order valence-corrected chi connectivity index (χ2v) is 8.19. The van der Waals surface area contributed by atoms with Crippen molar-refractivity contribution in [2.45, 2.75) is 25.2 Å². The van der Waals surface area contributed by atoms with E-state index in [0.717, 1.165) is 16.0 Å². The molecule has 152 valence electrons. The number of nitrogens with one attached hydrogen (secondary N) is 1. The Hall–Kier alpha value is -2.82. The first-order valence-electron chi connectivity index (χ1n) is 9.03. The molecule has 3 aromatic carbocycles. The molecule has 3 rings (SSSR count). The van der Waals surface area contributed by atoms with Crippen molar-refractivity contribution < 1.29 is 13.9 Å². The third-order valence-electron chi connectivity index (χ3n) is 4.36. The summed E-state index contributed by atoms with van der Waals surface area (Å²) in [5.74, 6) is -0.679. The highest BCUT2D eigenvalue weighted by Crippen LogP contribution is 2.35. The highest BCUT2D eigenvalue weighted by molar-refractivity contribution is 9.10. The molecule has 0 saturated carbocycles. The fraction of sp³-hybridized carbons (Fsp3) is 0.130. The Balaban J connectivity index is 1.83. The molecule has 0 aromatic heterocycles. The van der Waals surface area contributed by atoms with E-state index in [-0.39, 0.29) is 23.6 Å². The predicted molar refractivity (Wildman–Crippen MR) is 121 cm³/mol. The summed E-state index contributed by atoms with van der Waals surface area (Å²) in [5.41, 5.74) is 2.94. The number of anilines is 1. The van der Waals surface area contributed by atoms with Crippen LogP contribution in [0.15, 0.2) is 57.9 Å². The molecule has 0 saturated heterocycles. The lowest BCUT2D eigenvalue weighted by Crippen LogP contribution is -2.16. The molecule has 0 radical (unpaired) electrons. The molecule has 30 heavy (non-hydrogen) atoms. The highest BCUT2D eigenvalue weighted by atomic mass is 79.9. The van der Waals surface area contributed by atoms with Crippen molar-refractivity contribution in [2.24, 2.45) is 0 Å². The number of hydrogen-bond acceptors (Lipinski definition) is 4. The van der Waals surface area contributed by atoms with Gasteiger partial charge in [0.2, 0.25) is 5.91 Å². The second kappa shape index (κ2) is 9.33. The molecule has 1 N–H and O–H groups in total. The number of carbonyl (C=O) groups is 1. The average molecular weight is 485 g/mol. The van der Waals surface area contributed by atoms with Gasteiger partial charge in [0.25, 0.3) is 0 Å². The minimum absolute atomic E-state index is 0.0367. The molecule has 0 aliphatic rings. The molecule has 0 unspecified atom stereocenters. The van der Waals surface area contributed by atoms with E-state index in [1.165, 1.54) is 12.1 Å². The third-order valence-corrected chi connectivity index (χ3v) is 5.27. The van der Waals surface area contributed by atoms with Gasteiger partial charge in [0.05, 0.1) is 22.5 Å². The first kappa shape index (κ1) is 21.9. The van der Waals surface area contributed by atoms with Crippen molar-refractivity contribution in [1.82, 2.24) is 0 Å². The first-order chi connectivity index (χ1) is 14.3. The smallest absolute Gasteiger partial charge is 0.228 e. The Morgan fingerprint density at radius 1 is 1.20 bits per heavy atom. The van der Waals surface area contributed by atoms with Crippen LogP contribution in [0.25, 0.3) is 0 Å². The predicted octanol–water partition coefficient (Wildman–Crippen LogP) is 6.34. The van der Waals surface area contributed by atoms with Gasteiger partial charge in [0.15, 0.2) is 11.6 Å². The summed E-state index contributed by atoms with van der Waals surface area (Å²) < 4.78 is 21.3. The van der Waals surface area contributed by atoms with Gasteiger partial charge in [-0.1, -0.05) is 6.07 Å². The fourth-order valence-electron chi connectivity index (χ4n) is 2.95. The molecule has 0 bridgehead atoms. The number of nitrogens with zero attached hydrogens (tertiary/aromatic N) is 1. The van der Waals surface area contributed by atoms with Crippen LogP contribution in [0.4, 0.5) is 10.1 Å². The van der Waals surface area contributed by atoms with Crippen LogP contribution in [-0.4, -0.2) is 5.91 Å². The maximum absolute atomic E-state index is 15.1. The molecule has 1 amide bonds. The number of aryl methyl sites for hydroxylation is 2. The molecule has 3 aromatic rings. The average Bonchev–Trinajstić information content (AvgIpc) is 2.69. The van der Waals surface area contributed by atoms with E-state index >= 15 is 4.39 Å². The molecule has 0 aliphatic carbocycles. The van der Waals surface area contributed by atoms with Gasteiger partial charge in [-0.05, 0) is 83.4 Å². The van der Waals surface area contributed by atoms with Gasteiger partial charge in [0.1, 0.15) is 5.75 Å². The Bertz CT molecular complexity index is 1170. The van der Waals surface area contributed by atoms with Gasteiger partial charge in [-0.3, -0.25) is 4.79 Å². The maximum Gasteiger partial charge on any atom is 0.228 e. The van der Waals surface area contributed by atoms with Crippen molar-refractivity contribution in [3.8, 4) is 17.6 Å². The van der Waals surface area contributed by atoms with Crippen LogP contribution < -0.4 is 10.1 Å². The quantitative estimate of drug-likeness (QED) is 0.415. The molecule has 0 spiro atoms. The normalized spacial score (nSPS) is 10.4. The third kappa shape index (κ3) is 5.21. The van der Waals surface area contributed by atoms with Crippen LogP contribution >= 0.6 is 28.6 Å². The summed E-state index contributed by atoms with van der Waals surface area (Å²) in [4.78, 5) is 13.3. The molecule has 0 atom stereocenters. The topological polar surface area (TPSA) is 62.1 Å². The SMILES string of the molecule is Cc1cc(C#N)cc(Oc2c(Br)ccc(CC(=O)Nc3ccc(S)cc3C)c2F)c1. The lowest BCUT2D eigenvalue weighted by molar-refractivity contribution is -0.115. The molecule has 0 heterocycles. The van der Waals surface area contributed by atoms with Crippen LogP contribution in [0.1, 0.15) is 22.3 Å². The zero-order valence-corrected chi connectivity index (χ0v) is 18.8. The van der Waals surface area contributed by atoms with Gasteiger partial charge < -0.3 is 10.1 Å². The van der Waals surface area contributed by atoms with Gasteiger partial charge in [-0.2, -0.15) is 5.26 Å². The number of amides is 1. The largest absolute Gasteiger partial charge is 0.453 e. The number of halogens is 2. The molecule has 0 fully saturated rings. The number of nitriles is 1. The zero-order valence-electron chi connectivity index (χ0n) is 16.3.